The summed E-state index contributed by atoms with van der Waals surface area (Å²) in [7, 11) is 0. The zero-order chi connectivity index (χ0) is 26.2. The largest absolute Gasteiger partial charge is 0.463 e. The number of rotatable bonds is 16. The highest BCUT2D eigenvalue weighted by Crippen LogP contribution is 2.28. The fraction of sp³-hybridized carbons (Fsp3) is 0.792. The number of carbonyl (C=O) groups excluding carboxylic acids is 5. The molecular formula is C24H39NO10. The van der Waals surface area contributed by atoms with E-state index in [0.29, 0.717) is 13.0 Å². The van der Waals surface area contributed by atoms with Gasteiger partial charge in [-0.2, -0.15) is 0 Å². The van der Waals surface area contributed by atoms with E-state index < -0.39 is 54.5 Å². The summed E-state index contributed by atoms with van der Waals surface area (Å²) in [6, 6.07) is -0.952. The molecule has 0 radical (unpaired) electrons. The van der Waals surface area contributed by atoms with Gasteiger partial charge in [-0.1, -0.05) is 32.1 Å². The van der Waals surface area contributed by atoms with E-state index in [1.165, 1.54) is 27.7 Å². The number of unbranched alkanes of at least 4 members (excludes halogenated alkanes) is 7. The first-order valence-electron chi connectivity index (χ1n) is 12.1. The summed E-state index contributed by atoms with van der Waals surface area (Å²) >= 11 is 0. The molecule has 1 rings (SSSR count). The molecule has 1 saturated heterocycles. The maximum Gasteiger partial charge on any atom is 0.303 e. The molecule has 0 aromatic heterocycles. The molecule has 1 N–H and O–H groups in total. The molecule has 0 aliphatic carbocycles. The molecule has 0 aromatic rings. The van der Waals surface area contributed by atoms with Crippen LogP contribution in [0.1, 0.15) is 79.1 Å². The van der Waals surface area contributed by atoms with Gasteiger partial charge in [0.2, 0.25) is 5.91 Å². The van der Waals surface area contributed by atoms with Crippen molar-refractivity contribution in [3.8, 4) is 0 Å². The minimum Gasteiger partial charge on any atom is -0.463 e. The molecular weight excluding hydrogens is 462 g/mol. The van der Waals surface area contributed by atoms with Crippen molar-refractivity contribution in [1.82, 2.24) is 5.32 Å². The van der Waals surface area contributed by atoms with Gasteiger partial charge in [0.05, 0.1) is 0 Å². The Morgan fingerprint density at radius 2 is 1.37 bits per heavy atom. The van der Waals surface area contributed by atoms with E-state index in [9.17, 15) is 24.0 Å². The van der Waals surface area contributed by atoms with Crippen LogP contribution in [0.3, 0.4) is 0 Å². The number of hydrogen-bond acceptors (Lipinski definition) is 10. The zero-order valence-corrected chi connectivity index (χ0v) is 21.1. The van der Waals surface area contributed by atoms with E-state index in [1.807, 2.05) is 0 Å². The molecule has 11 heteroatoms. The third-order valence-electron chi connectivity index (χ3n) is 5.32. The minimum absolute atomic E-state index is 0.262. The Balaban J connectivity index is 2.83. The van der Waals surface area contributed by atoms with Gasteiger partial charge in [0.1, 0.15) is 25.0 Å². The lowest BCUT2D eigenvalue weighted by molar-refractivity contribution is -0.277. The number of ether oxygens (including phenoxy) is 5. The highest BCUT2D eigenvalue weighted by Gasteiger charge is 2.51. The number of hydrogen-bond donors (Lipinski definition) is 1. The van der Waals surface area contributed by atoms with Gasteiger partial charge in [-0.25, -0.2) is 0 Å². The fourth-order valence-electron chi connectivity index (χ4n) is 3.85. The summed E-state index contributed by atoms with van der Waals surface area (Å²) in [5.41, 5.74) is 0. The maximum atomic E-state index is 11.9. The summed E-state index contributed by atoms with van der Waals surface area (Å²) in [5, 5.41) is 2.67. The quantitative estimate of drug-likeness (QED) is 0.144. The normalized spacial score (nSPS) is 23.7. The molecule has 11 nitrogen and oxygen atoms in total. The Morgan fingerprint density at radius 3 is 1.91 bits per heavy atom. The van der Waals surface area contributed by atoms with E-state index >= 15 is 0 Å². The van der Waals surface area contributed by atoms with Crippen LogP contribution in [0.25, 0.3) is 0 Å². The number of amides is 1. The molecule has 1 heterocycles. The van der Waals surface area contributed by atoms with Crippen molar-refractivity contribution in [3.05, 3.63) is 0 Å². The second-order valence-electron chi connectivity index (χ2n) is 8.52. The van der Waals surface area contributed by atoms with Crippen molar-refractivity contribution in [3.63, 3.8) is 0 Å². The molecule has 0 unspecified atom stereocenters. The van der Waals surface area contributed by atoms with E-state index in [0.717, 1.165) is 51.2 Å². The number of aldehydes is 1. The lowest BCUT2D eigenvalue weighted by atomic mass is 9.96. The summed E-state index contributed by atoms with van der Waals surface area (Å²) in [6.07, 6.45) is 4.06. The Morgan fingerprint density at radius 1 is 0.800 bits per heavy atom. The molecule has 1 fully saturated rings. The Hall–Kier alpha value is -2.53. The van der Waals surface area contributed by atoms with Crippen LogP contribution in [0.2, 0.25) is 0 Å². The van der Waals surface area contributed by atoms with Crippen LogP contribution in [0, 0.1) is 0 Å². The molecule has 200 valence electrons. The fourth-order valence-corrected chi connectivity index (χ4v) is 3.85. The van der Waals surface area contributed by atoms with Crippen molar-refractivity contribution in [1.29, 1.82) is 0 Å². The smallest absolute Gasteiger partial charge is 0.303 e. The summed E-state index contributed by atoms with van der Waals surface area (Å²) < 4.78 is 27.7. The van der Waals surface area contributed by atoms with E-state index in [1.54, 1.807) is 0 Å². The Labute approximate surface area is 206 Å². The zero-order valence-electron chi connectivity index (χ0n) is 21.1. The maximum absolute atomic E-state index is 11.9. The van der Waals surface area contributed by atoms with Crippen LogP contribution in [0.15, 0.2) is 0 Å². The second kappa shape index (κ2) is 17.0. The highest BCUT2D eigenvalue weighted by atomic mass is 16.7. The first-order chi connectivity index (χ1) is 16.6. The van der Waals surface area contributed by atoms with Gasteiger partial charge >= 0.3 is 17.9 Å². The van der Waals surface area contributed by atoms with Gasteiger partial charge < -0.3 is 33.8 Å². The molecule has 1 aliphatic rings. The minimum atomic E-state index is -1.13. The van der Waals surface area contributed by atoms with Gasteiger partial charge in [0.25, 0.3) is 0 Å². The third kappa shape index (κ3) is 12.7. The molecule has 0 saturated carbocycles. The van der Waals surface area contributed by atoms with Crippen LogP contribution >= 0.6 is 0 Å². The van der Waals surface area contributed by atoms with Crippen molar-refractivity contribution in [2.24, 2.45) is 0 Å². The van der Waals surface area contributed by atoms with Crippen molar-refractivity contribution in [2.45, 2.75) is 110 Å². The van der Waals surface area contributed by atoms with Crippen molar-refractivity contribution >= 4 is 30.1 Å². The van der Waals surface area contributed by atoms with Crippen LogP contribution in [0.5, 0.6) is 0 Å². The molecule has 0 spiro atoms. The predicted octanol–water partition coefficient (Wildman–Crippen LogP) is 1.98. The topological polar surface area (TPSA) is 144 Å². The monoisotopic (exact) mass is 501 g/mol. The third-order valence-corrected chi connectivity index (χ3v) is 5.32. The number of carbonyl (C=O) groups is 5. The summed E-state index contributed by atoms with van der Waals surface area (Å²) in [4.78, 5) is 57.2. The SMILES string of the molecule is CC(=O)N[C@H]1[C@H](OCCCCCCCCCC=O)O[C@H](COC(C)=O)[C@@H](OC(C)=O)[C@@H]1OC(C)=O. The average molecular weight is 502 g/mol. The van der Waals surface area contributed by atoms with Crippen molar-refractivity contribution in [2.75, 3.05) is 13.2 Å². The van der Waals surface area contributed by atoms with E-state index in [-0.39, 0.29) is 6.61 Å². The lowest BCUT2D eigenvalue weighted by Gasteiger charge is -2.44. The average Bonchev–Trinajstić information content (AvgIpc) is 2.76. The summed E-state index contributed by atoms with van der Waals surface area (Å²) in [6.45, 7) is 4.96. The van der Waals surface area contributed by atoms with Crippen LogP contribution in [-0.4, -0.2) is 74.0 Å². The highest BCUT2D eigenvalue weighted by molar-refractivity contribution is 5.73. The van der Waals surface area contributed by atoms with E-state index in [2.05, 4.69) is 5.32 Å². The van der Waals surface area contributed by atoms with Crippen molar-refractivity contribution < 1.29 is 47.7 Å². The second-order valence-corrected chi connectivity index (χ2v) is 8.52. The standard InChI is InChI=1S/C24H39NO10/c1-16(27)25-21-23(34-19(4)30)22(33-18(3)29)20(15-32-17(2)28)35-24(21)31-14-12-10-8-6-5-7-9-11-13-26/h13,20-24H,5-12,14-15H2,1-4H3,(H,25,27)/t20-,21-,22-,23-,24-/m1/s1. The Kier molecular flexibility index (Phi) is 14.8. The first-order valence-corrected chi connectivity index (χ1v) is 12.1. The van der Waals surface area contributed by atoms with Gasteiger partial charge in [-0.05, 0) is 12.8 Å². The molecule has 0 bridgehead atoms. The van der Waals surface area contributed by atoms with Gasteiger partial charge in [-0.3, -0.25) is 19.2 Å². The molecule has 0 aromatic carbocycles. The van der Waals surface area contributed by atoms with E-state index in [4.69, 9.17) is 23.7 Å². The Bertz CT molecular complexity index is 698. The van der Waals surface area contributed by atoms with Gasteiger partial charge in [0, 0.05) is 40.7 Å². The first kappa shape index (κ1) is 30.5. The molecule has 5 atom stereocenters. The number of nitrogens with one attached hydrogen (secondary N) is 1. The van der Waals surface area contributed by atoms with Crippen LogP contribution < -0.4 is 5.32 Å². The predicted molar refractivity (Wildman–Crippen MR) is 123 cm³/mol. The lowest BCUT2D eigenvalue weighted by Crippen LogP contribution is -2.66. The van der Waals surface area contributed by atoms with Crippen LogP contribution in [-0.2, 0) is 47.7 Å². The number of esters is 3. The summed E-state index contributed by atoms with van der Waals surface area (Å²) in [5.74, 6) is -2.29. The van der Waals surface area contributed by atoms with Gasteiger partial charge in [0.15, 0.2) is 18.5 Å². The molecule has 35 heavy (non-hydrogen) atoms. The van der Waals surface area contributed by atoms with Crippen LogP contribution in [0.4, 0.5) is 0 Å². The van der Waals surface area contributed by atoms with Gasteiger partial charge in [-0.15, -0.1) is 0 Å². The molecule has 1 aliphatic heterocycles. The molecule has 1 amide bonds.